The molecule has 4 aromatic carbocycles. The van der Waals surface area contributed by atoms with E-state index in [-0.39, 0.29) is 13.2 Å². The zero-order valence-corrected chi connectivity index (χ0v) is 25.4. The molecule has 1 N–H and O–H groups in total. The quantitative estimate of drug-likeness (QED) is 0.258. The van der Waals surface area contributed by atoms with E-state index in [0.717, 1.165) is 16.5 Å². The zero-order chi connectivity index (χ0) is 31.1. The Hall–Kier alpha value is -4.69. The molecule has 2 atom stereocenters. The lowest BCUT2D eigenvalue weighted by Crippen LogP contribution is -2.60. The normalized spacial score (nSPS) is 16.2. The Balaban J connectivity index is 1.38. The molecular weight excluding hydrogens is 554 g/mol. The van der Waals surface area contributed by atoms with Gasteiger partial charge in [0.05, 0.1) is 0 Å². The van der Waals surface area contributed by atoms with Crippen molar-refractivity contribution in [3.8, 4) is 0 Å². The van der Waals surface area contributed by atoms with Crippen molar-refractivity contribution in [2.45, 2.75) is 51.6 Å². The van der Waals surface area contributed by atoms with Gasteiger partial charge in [-0.3, -0.25) is 9.69 Å². The van der Waals surface area contributed by atoms with Gasteiger partial charge in [0.15, 0.2) is 0 Å². The van der Waals surface area contributed by atoms with Gasteiger partial charge in [-0.05, 0) is 54.3 Å². The number of amides is 2. The molecule has 44 heavy (non-hydrogen) atoms. The van der Waals surface area contributed by atoms with Crippen LogP contribution in [-0.2, 0) is 32.2 Å². The van der Waals surface area contributed by atoms with Crippen LogP contribution in [0.25, 0.3) is 10.8 Å². The van der Waals surface area contributed by atoms with Gasteiger partial charge in [-0.1, -0.05) is 97.1 Å². The molecule has 0 saturated carbocycles. The van der Waals surface area contributed by atoms with Crippen molar-refractivity contribution in [3.63, 3.8) is 0 Å². The van der Waals surface area contributed by atoms with Crippen LogP contribution in [0.5, 0.6) is 0 Å². The molecule has 5 rings (SSSR count). The molecule has 1 aliphatic heterocycles. The fraction of sp³-hybridized carbons (Fsp3) is 0.306. The van der Waals surface area contributed by atoms with Gasteiger partial charge in [0.1, 0.15) is 24.3 Å². The lowest BCUT2D eigenvalue weighted by molar-refractivity contribution is -0.160. The van der Waals surface area contributed by atoms with Gasteiger partial charge in [0, 0.05) is 26.2 Å². The maximum Gasteiger partial charge on any atom is 0.408 e. The maximum absolute atomic E-state index is 14.2. The van der Waals surface area contributed by atoms with Crippen molar-refractivity contribution in [1.29, 1.82) is 0 Å². The fourth-order valence-electron chi connectivity index (χ4n) is 5.39. The van der Waals surface area contributed by atoms with Crippen LogP contribution in [0, 0.1) is 0 Å². The summed E-state index contributed by atoms with van der Waals surface area (Å²) >= 11 is 0. The maximum atomic E-state index is 14.2. The van der Waals surface area contributed by atoms with Crippen LogP contribution >= 0.6 is 0 Å². The number of fused-ring (bicyclic) bond motifs is 1. The number of alkyl carbamates (subject to hydrolysis) is 1. The molecule has 1 heterocycles. The average Bonchev–Trinajstić information content (AvgIpc) is 3.02. The van der Waals surface area contributed by atoms with Crippen molar-refractivity contribution in [1.82, 2.24) is 15.1 Å². The van der Waals surface area contributed by atoms with E-state index >= 15 is 0 Å². The summed E-state index contributed by atoms with van der Waals surface area (Å²) in [4.78, 5) is 44.5. The van der Waals surface area contributed by atoms with E-state index in [1.807, 2.05) is 48.5 Å². The summed E-state index contributed by atoms with van der Waals surface area (Å²) in [6.45, 7) is 7.14. The second kappa shape index (κ2) is 13.7. The number of esters is 1. The average molecular weight is 594 g/mol. The molecule has 4 aromatic rings. The number of nitrogens with zero attached hydrogens (tertiary/aromatic N) is 2. The molecule has 8 nitrogen and oxygen atoms in total. The second-order valence-corrected chi connectivity index (χ2v) is 12.0. The summed E-state index contributed by atoms with van der Waals surface area (Å²) in [5, 5.41) is 5.07. The Morgan fingerprint density at radius 3 is 2.18 bits per heavy atom. The van der Waals surface area contributed by atoms with Crippen LogP contribution in [0.2, 0.25) is 0 Å². The van der Waals surface area contributed by atoms with Gasteiger partial charge in [-0.2, -0.15) is 0 Å². The van der Waals surface area contributed by atoms with Crippen LogP contribution in [0.4, 0.5) is 4.79 Å². The van der Waals surface area contributed by atoms with Crippen LogP contribution in [0.3, 0.4) is 0 Å². The first-order chi connectivity index (χ1) is 21.2. The van der Waals surface area contributed by atoms with Crippen LogP contribution in [0.15, 0.2) is 103 Å². The van der Waals surface area contributed by atoms with Gasteiger partial charge in [-0.25, -0.2) is 9.59 Å². The van der Waals surface area contributed by atoms with Crippen molar-refractivity contribution in [2.24, 2.45) is 0 Å². The summed E-state index contributed by atoms with van der Waals surface area (Å²) in [7, 11) is 0. The third-order valence-corrected chi connectivity index (χ3v) is 7.50. The molecule has 8 heteroatoms. The number of piperazine rings is 1. The smallest absolute Gasteiger partial charge is 0.408 e. The predicted molar refractivity (Wildman–Crippen MR) is 170 cm³/mol. The van der Waals surface area contributed by atoms with E-state index in [4.69, 9.17) is 9.47 Å². The van der Waals surface area contributed by atoms with Crippen molar-refractivity contribution < 1.29 is 23.9 Å². The lowest BCUT2D eigenvalue weighted by Gasteiger charge is -2.41. The van der Waals surface area contributed by atoms with Gasteiger partial charge in [0.25, 0.3) is 5.91 Å². The molecular formula is C36H39N3O5. The first kappa shape index (κ1) is 30.8. The summed E-state index contributed by atoms with van der Waals surface area (Å²) in [5.74, 6) is -0.886. The largest absolute Gasteiger partial charge is 0.459 e. The number of benzene rings is 4. The van der Waals surface area contributed by atoms with E-state index in [1.54, 1.807) is 49.9 Å². The number of hydrogen-bond acceptors (Lipinski definition) is 6. The minimum atomic E-state index is -1.04. The Morgan fingerprint density at radius 2 is 1.48 bits per heavy atom. The van der Waals surface area contributed by atoms with Gasteiger partial charge in [0.2, 0.25) is 0 Å². The number of carbonyl (C=O) groups excluding carboxylic acids is 3. The highest BCUT2D eigenvalue weighted by atomic mass is 16.6. The standard InChI is InChI=1S/C36H39N3O5/c1-36(2,3)44-35(42)37-32(29-15-8-5-9-16-29)33(40)39-21-20-38(23-27-18-19-28-14-10-11-17-30(28)22-27)24-31(39)34(41)43-25-26-12-6-4-7-13-26/h4-19,22,31-32H,20-21,23-25H2,1-3H3,(H,37,42). The second-order valence-electron chi connectivity index (χ2n) is 12.0. The monoisotopic (exact) mass is 593 g/mol. The minimum Gasteiger partial charge on any atom is -0.459 e. The highest BCUT2D eigenvalue weighted by Crippen LogP contribution is 2.24. The molecule has 0 aromatic heterocycles. The van der Waals surface area contributed by atoms with E-state index < -0.39 is 35.7 Å². The van der Waals surface area contributed by atoms with Crippen LogP contribution in [-0.4, -0.2) is 59.0 Å². The molecule has 1 saturated heterocycles. The summed E-state index contributed by atoms with van der Waals surface area (Å²) in [6.07, 6.45) is -0.710. The van der Waals surface area contributed by atoms with Crippen LogP contribution in [0.1, 0.15) is 43.5 Å². The van der Waals surface area contributed by atoms with Gasteiger partial charge >= 0.3 is 12.1 Å². The Morgan fingerprint density at radius 1 is 0.818 bits per heavy atom. The minimum absolute atomic E-state index is 0.0984. The first-order valence-electron chi connectivity index (χ1n) is 14.9. The molecule has 0 spiro atoms. The molecule has 0 aliphatic carbocycles. The Bertz CT molecular complexity index is 1590. The third kappa shape index (κ3) is 8.02. The summed E-state index contributed by atoms with van der Waals surface area (Å²) < 4.78 is 11.2. The molecule has 0 radical (unpaired) electrons. The lowest BCUT2D eigenvalue weighted by atomic mass is 10.0. The highest BCUT2D eigenvalue weighted by molar-refractivity contribution is 5.91. The van der Waals surface area contributed by atoms with E-state index in [0.29, 0.717) is 25.2 Å². The number of nitrogens with one attached hydrogen (secondary N) is 1. The molecule has 2 unspecified atom stereocenters. The predicted octanol–water partition coefficient (Wildman–Crippen LogP) is 5.86. The Kier molecular flexibility index (Phi) is 9.60. The molecule has 228 valence electrons. The summed E-state index contributed by atoms with van der Waals surface area (Å²) in [5.41, 5.74) is 1.83. The topological polar surface area (TPSA) is 88.2 Å². The molecule has 0 bridgehead atoms. The third-order valence-electron chi connectivity index (χ3n) is 7.50. The van der Waals surface area contributed by atoms with Crippen LogP contribution < -0.4 is 5.32 Å². The number of carbonyl (C=O) groups is 3. The molecule has 1 fully saturated rings. The Labute approximate surface area is 258 Å². The molecule has 1 aliphatic rings. The number of rotatable bonds is 8. The van der Waals surface area contributed by atoms with Crippen molar-refractivity contribution >= 4 is 28.7 Å². The molecule has 2 amide bonds. The van der Waals surface area contributed by atoms with Crippen molar-refractivity contribution in [2.75, 3.05) is 19.6 Å². The SMILES string of the molecule is CC(C)(C)OC(=O)NC(C(=O)N1CCN(Cc2ccc3ccccc3c2)CC1C(=O)OCc1ccccc1)c1ccccc1. The van der Waals surface area contributed by atoms with Crippen molar-refractivity contribution in [3.05, 3.63) is 120 Å². The van der Waals surface area contributed by atoms with E-state index in [1.165, 1.54) is 5.39 Å². The fourth-order valence-corrected chi connectivity index (χ4v) is 5.39. The highest BCUT2D eigenvalue weighted by Gasteiger charge is 2.40. The summed E-state index contributed by atoms with van der Waals surface area (Å²) in [6, 6.07) is 31.1. The van der Waals surface area contributed by atoms with Gasteiger partial charge in [-0.15, -0.1) is 0 Å². The van der Waals surface area contributed by atoms with E-state index in [2.05, 4.69) is 40.5 Å². The van der Waals surface area contributed by atoms with Gasteiger partial charge < -0.3 is 19.7 Å². The number of hydrogen-bond donors (Lipinski definition) is 1. The zero-order valence-electron chi connectivity index (χ0n) is 25.4. The first-order valence-corrected chi connectivity index (χ1v) is 14.9. The van der Waals surface area contributed by atoms with E-state index in [9.17, 15) is 14.4 Å². The number of ether oxygens (including phenoxy) is 2.